The van der Waals surface area contributed by atoms with E-state index in [2.05, 4.69) is 25.1 Å². The molecular formula is C52H44F6O2. The van der Waals surface area contributed by atoms with Crippen molar-refractivity contribution in [1.82, 2.24) is 0 Å². The monoisotopic (exact) mass is 814 g/mol. The van der Waals surface area contributed by atoms with Gasteiger partial charge in [0.05, 0.1) is 11.1 Å². The smallest absolute Gasteiger partial charge is 0.417 e. The van der Waals surface area contributed by atoms with Crippen LogP contribution in [0.3, 0.4) is 0 Å². The topological polar surface area (TPSA) is 18.5 Å². The van der Waals surface area contributed by atoms with Crippen LogP contribution < -0.4 is 9.47 Å². The number of hydrogen-bond donors (Lipinski definition) is 0. The summed E-state index contributed by atoms with van der Waals surface area (Å²) in [6.07, 6.45) is -8.33. The second-order valence-electron chi connectivity index (χ2n) is 15.4. The lowest BCUT2D eigenvalue weighted by Gasteiger charge is -2.20. The van der Waals surface area contributed by atoms with E-state index in [1.54, 1.807) is 24.3 Å². The first kappa shape index (κ1) is 41.9. The van der Waals surface area contributed by atoms with E-state index in [1.807, 2.05) is 87.5 Å². The lowest BCUT2D eigenvalue weighted by Crippen LogP contribution is -2.12. The molecule has 0 N–H and O–H groups in total. The van der Waals surface area contributed by atoms with Gasteiger partial charge in [0, 0.05) is 6.07 Å². The van der Waals surface area contributed by atoms with Crippen molar-refractivity contribution < 1.29 is 35.8 Å². The Labute approximate surface area is 347 Å². The van der Waals surface area contributed by atoms with Crippen molar-refractivity contribution >= 4 is 0 Å². The summed E-state index contributed by atoms with van der Waals surface area (Å²) in [5.74, 6) is 2.45. The maximum Gasteiger partial charge on any atom is 0.417 e. The first-order chi connectivity index (χ1) is 28.6. The molecule has 0 atom stereocenters. The third kappa shape index (κ3) is 10.3. The maximum absolute atomic E-state index is 14.6. The van der Waals surface area contributed by atoms with E-state index in [0.29, 0.717) is 53.4 Å². The standard InChI is InChI=1S/C52H44F6O2/c1-33-8-20-41(21-9-33)59-43-6-5-7-44(32-43)60-42-22-15-37(16-23-42)11-12-39-18-26-47(49(30-39)51(53,54)55)48-27-19-40(31-50(48)52(56,57)58)14-13-38-17-25-46(36(4)29-38)45-24-10-34(2)28-35(45)3/h5-10,15-32H,11-14H2,1-4H3. The van der Waals surface area contributed by atoms with Crippen LogP contribution in [0, 0.1) is 27.7 Å². The zero-order chi connectivity index (χ0) is 42.6. The van der Waals surface area contributed by atoms with Gasteiger partial charge < -0.3 is 9.47 Å². The highest BCUT2D eigenvalue weighted by atomic mass is 19.4. The average Bonchev–Trinajstić information content (AvgIpc) is 3.20. The van der Waals surface area contributed by atoms with Crippen molar-refractivity contribution in [3.05, 3.63) is 201 Å². The molecule has 7 rings (SSSR count). The molecule has 0 heterocycles. The summed E-state index contributed by atoms with van der Waals surface area (Å²) in [5.41, 5.74) is 6.12. The summed E-state index contributed by atoms with van der Waals surface area (Å²) in [6, 6.07) is 41.8. The summed E-state index contributed by atoms with van der Waals surface area (Å²) in [5, 5.41) is 0. The van der Waals surface area contributed by atoms with Crippen LogP contribution in [0.15, 0.2) is 146 Å². The summed E-state index contributed by atoms with van der Waals surface area (Å²) < 4.78 is 99.4. The molecular weight excluding hydrogens is 771 g/mol. The van der Waals surface area contributed by atoms with E-state index in [4.69, 9.17) is 9.47 Å². The molecule has 60 heavy (non-hydrogen) atoms. The number of ether oxygens (including phenoxy) is 2. The molecule has 7 aromatic rings. The van der Waals surface area contributed by atoms with Crippen LogP contribution in [0.1, 0.15) is 55.6 Å². The molecule has 0 bridgehead atoms. The average molecular weight is 815 g/mol. The zero-order valence-corrected chi connectivity index (χ0v) is 33.8. The van der Waals surface area contributed by atoms with Gasteiger partial charge in [-0.05, 0) is 158 Å². The maximum atomic E-state index is 14.6. The highest BCUT2D eigenvalue weighted by molar-refractivity contribution is 5.73. The van der Waals surface area contributed by atoms with E-state index >= 15 is 0 Å². The summed E-state index contributed by atoms with van der Waals surface area (Å²) in [7, 11) is 0. The van der Waals surface area contributed by atoms with Gasteiger partial charge in [0.2, 0.25) is 0 Å². The van der Waals surface area contributed by atoms with Crippen molar-refractivity contribution in [3.8, 4) is 45.3 Å². The van der Waals surface area contributed by atoms with E-state index in [9.17, 15) is 26.3 Å². The highest BCUT2D eigenvalue weighted by Gasteiger charge is 2.38. The SMILES string of the molecule is Cc1ccc(Oc2cccc(Oc3ccc(CCc4ccc(-c5ccc(CCc6ccc(-c7ccc(C)cc7C)c(C)c6)cc5C(F)(F)F)c(C(F)(F)F)c4)cc3)c2)cc1. The molecule has 2 nitrogen and oxygen atoms in total. The zero-order valence-electron chi connectivity index (χ0n) is 33.8. The van der Waals surface area contributed by atoms with E-state index < -0.39 is 34.6 Å². The molecule has 0 aromatic heterocycles. The van der Waals surface area contributed by atoms with Crippen LogP contribution in [0.2, 0.25) is 0 Å². The molecule has 0 fully saturated rings. The second kappa shape index (κ2) is 17.5. The molecule has 306 valence electrons. The summed E-state index contributed by atoms with van der Waals surface area (Å²) >= 11 is 0. The van der Waals surface area contributed by atoms with Gasteiger partial charge in [-0.2, -0.15) is 26.3 Å². The molecule has 0 aliphatic heterocycles. The van der Waals surface area contributed by atoms with Gasteiger partial charge in [-0.25, -0.2) is 0 Å². The number of rotatable bonds is 12. The minimum atomic E-state index is -4.88. The van der Waals surface area contributed by atoms with Crippen LogP contribution >= 0.6 is 0 Å². The number of halogens is 6. The molecule has 7 aromatic carbocycles. The van der Waals surface area contributed by atoms with Crippen molar-refractivity contribution in [2.45, 2.75) is 65.7 Å². The molecule has 0 unspecified atom stereocenters. The Balaban J connectivity index is 1.03. The van der Waals surface area contributed by atoms with Crippen LogP contribution in [0.5, 0.6) is 23.0 Å². The Morgan fingerprint density at radius 3 is 1.20 bits per heavy atom. The number of benzene rings is 7. The fourth-order valence-corrected chi connectivity index (χ4v) is 7.51. The Hall–Kier alpha value is -6.28. The Morgan fingerprint density at radius 1 is 0.350 bits per heavy atom. The summed E-state index contributed by atoms with van der Waals surface area (Å²) in [4.78, 5) is 0. The highest BCUT2D eigenvalue weighted by Crippen LogP contribution is 2.44. The first-order valence-corrected chi connectivity index (χ1v) is 19.8. The molecule has 0 aliphatic carbocycles. The van der Waals surface area contributed by atoms with Crippen LogP contribution in [-0.4, -0.2) is 0 Å². The van der Waals surface area contributed by atoms with Gasteiger partial charge in [0.1, 0.15) is 23.0 Å². The lowest BCUT2D eigenvalue weighted by molar-refractivity contribution is -0.139. The Morgan fingerprint density at radius 2 is 0.733 bits per heavy atom. The number of aryl methyl sites for hydroxylation is 8. The van der Waals surface area contributed by atoms with Crippen molar-refractivity contribution in [2.24, 2.45) is 0 Å². The molecule has 0 amide bonds. The molecule has 0 saturated heterocycles. The normalized spacial score (nSPS) is 11.8. The van der Waals surface area contributed by atoms with Crippen molar-refractivity contribution in [3.63, 3.8) is 0 Å². The molecule has 0 radical (unpaired) electrons. The van der Waals surface area contributed by atoms with Crippen molar-refractivity contribution in [2.75, 3.05) is 0 Å². The van der Waals surface area contributed by atoms with Gasteiger partial charge in [-0.15, -0.1) is 0 Å². The predicted molar refractivity (Wildman–Crippen MR) is 227 cm³/mol. The van der Waals surface area contributed by atoms with Crippen LogP contribution in [0.25, 0.3) is 22.3 Å². The summed E-state index contributed by atoms with van der Waals surface area (Å²) in [6.45, 7) is 8.12. The fraction of sp³-hybridized carbons (Fsp3) is 0.192. The Kier molecular flexibility index (Phi) is 12.2. The number of hydrogen-bond acceptors (Lipinski definition) is 2. The van der Waals surface area contributed by atoms with Gasteiger partial charge in [0.25, 0.3) is 0 Å². The van der Waals surface area contributed by atoms with Gasteiger partial charge in [-0.1, -0.05) is 102 Å². The minimum absolute atomic E-state index is 0.248. The molecule has 0 aliphatic rings. The van der Waals surface area contributed by atoms with E-state index in [-0.39, 0.29) is 6.42 Å². The largest absolute Gasteiger partial charge is 0.457 e. The first-order valence-electron chi connectivity index (χ1n) is 19.8. The van der Waals surface area contributed by atoms with Crippen LogP contribution in [0.4, 0.5) is 26.3 Å². The number of alkyl halides is 6. The van der Waals surface area contributed by atoms with Crippen LogP contribution in [-0.2, 0) is 38.0 Å². The van der Waals surface area contributed by atoms with Gasteiger partial charge in [-0.3, -0.25) is 0 Å². The van der Waals surface area contributed by atoms with Gasteiger partial charge >= 0.3 is 12.4 Å². The third-order valence-electron chi connectivity index (χ3n) is 10.7. The Bertz CT molecular complexity index is 2600. The van der Waals surface area contributed by atoms with E-state index in [1.165, 1.54) is 23.8 Å². The second-order valence-corrected chi connectivity index (χ2v) is 15.4. The minimum Gasteiger partial charge on any atom is -0.457 e. The van der Waals surface area contributed by atoms with Gasteiger partial charge in [0.15, 0.2) is 0 Å². The predicted octanol–water partition coefficient (Wildman–Crippen LogP) is 15.4. The quantitative estimate of drug-likeness (QED) is 0.114. The fourth-order valence-electron chi connectivity index (χ4n) is 7.51. The van der Waals surface area contributed by atoms with Crippen molar-refractivity contribution in [1.29, 1.82) is 0 Å². The third-order valence-corrected chi connectivity index (χ3v) is 10.7. The molecule has 0 spiro atoms. The van der Waals surface area contributed by atoms with E-state index in [0.717, 1.165) is 57.1 Å². The molecule has 8 heteroatoms. The molecule has 0 saturated carbocycles. The lowest BCUT2D eigenvalue weighted by atomic mass is 9.90.